The third-order valence-corrected chi connectivity index (χ3v) is 4.35. The minimum absolute atomic E-state index is 0.149. The first kappa shape index (κ1) is 16.7. The van der Waals surface area contributed by atoms with Crippen LogP contribution in [0.4, 0.5) is 4.39 Å². The molecule has 1 aromatic heterocycles. The van der Waals surface area contributed by atoms with Crippen LogP contribution in [0, 0.1) is 17.1 Å². The zero-order valence-electron chi connectivity index (χ0n) is 13.8. The van der Waals surface area contributed by atoms with Crippen molar-refractivity contribution in [2.24, 2.45) is 5.73 Å². The maximum absolute atomic E-state index is 13.7. The number of aryl methyl sites for hydroxylation is 1. The van der Waals surface area contributed by atoms with Crippen LogP contribution in [-0.2, 0) is 13.0 Å². The Balaban J connectivity index is 1.84. The Kier molecular flexibility index (Phi) is 4.80. The average Bonchev–Trinajstić information content (AvgIpc) is 3.04. The van der Waals surface area contributed by atoms with E-state index in [-0.39, 0.29) is 11.7 Å². The molecule has 1 unspecified atom stereocenters. The first-order valence-electron chi connectivity index (χ1n) is 8.12. The summed E-state index contributed by atoms with van der Waals surface area (Å²) >= 11 is 0. The summed E-state index contributed by atoms with van der Waals surface area (Å²) in [6.07, 6.45) is 10.6. The van der Waals surface area contributed by atoms with Crippen molar-refractivity contribution in [1.82, 2.24) is 9.55 Å². The number of hydrogen-bond acceptors (Lipinski definition) is 3. The number of rotatable bonds is 4. The molecule has 1 aliphatic heterocycles. The highest BCUT2D eigenvalue weighted by Gasteiger charge is 2.23. The molecule has 5 heteroatoms. The predicted octanol–water partition coefficient (Wildman–Crippen LogP) is 3.67. The number of hydrogen-bond donors (Lipinski definition) is 1. The van der Waals surface area contributed by atoms with Crippen LogP contribution < -0.4 is 5.73 Å². The molecule has 0 saturated heterocycles. The fourth-order valence-electron chi connectivity index (χ4n) is 3.09. The second kappa shape index (κ2) is 7.18. The Morgan fingerprint density at radius 3 is 3.00 bits per heavy atom. The lowest BCUT2D eigenvalue weighted by Gasteiger charge is -2.23. The summed E-state index contributed by atoms with van der Waals surface area (Å²) in [5.41, 5.74) is 8.60. The zero-order chi connectivity index (χ0) is 17.8. The molecule has 1 atom stereocenters. The molecule has 4 nitrogen and oxygen atoms in total. The predicted molar refractivity (Wildman–Crippen MR) is 95.9 cm³/mol. The van der Waals surface area contributed by atoms with E-state index in [0.29, 0.717) is 17.7 Å². The minimum atomic E-state index is -0.371. The van der Waals surface area contributed by atoms with Gasteiger partial charge < -0.3 is 10.3 Å². The Bertz CT molecular complexity index is 899. The lowest BCUT2D eigenvalue weighted by atomic mass is 9.89. The summed E-state index contributed by atoms with van der Waals surface area (Å²) in [7, 11) is 0. The minimum Gasteiger partial charge on any atom is -0.397 e. The number of aromatic nitrogens is 2. The van der Waals surface area contributed by atoms with Crippen molar-refractivity contribution in [1.29, 1.82) is 5.26 Å². The number of nitriles is 1. The fraction of sp³-hybridized carbons (Fsp3) is 0.200. The van der Waals surface area contributed by atoms with Crippen LogP contribution in [0.25, 0.3) is 5.70 Å². The SMILES string of the molecule is C=C/C=C\C=C(/N)c1cn2c(n1)CC(c1cc(F)cc(C#N)c1)CC2. The van der Waals surface area contributed by atoms with Gasteiger partial charge in [-0.1, -0.05) is 24.8 Å². The van der Waals surface area contributed by atoms with Gasteiger partial charge in [0.05, 0.1) is 17.3 Å². The monoisotopic (exact) mass is 334 g/mol. The summed E-state index contributed by atoms with van der Waals surface area (Å²) in [5, 5.41) is 9.03. The molecular weight excluding hydrogens is 315 g/mol. The first-order valence-corrected chi connectivity index (χ1v) is 8.12. The molecule has 126 valence electrons. The van der Waals surface area contributed by atoms with Crippen LogP contribution in [0.5, 0.6) is 0 Å². The number of allylic oxidation sites excluding steroid dienone is 4. The van der Waals surface area contributed by atoms with E-state index in [0.717, 1.165) is 30.0 Å². The molecule has 0 spiro atoms. The van der Waals surface area contributed by atoms with Gasteiger partial charge in [-0.15, -0.1) is 0 Å². The Morgan fingerprint density at radius 1 is 1.40 bits per heavy atom. The molecule has 0 saturated carbocycles. The lowest BCUT2D eigenvalue weighted by Crippen LogP contribution is -2.18. The van der Waals surface area contributed by atoms with Gasteiger partial charge in [0, 0.05) is 19.2 Å². The third kappa shape index (κ3) is 3.69. The van der Waals surface area contributed by atoms with E-state index in [1.54, 1.807) is 24.3 Å². The fourth-order valence-corrected chi connectivity index (χ4v) is 3.09. The van der Waals surface area contributed by atoms with Gasteiger partial charge in [-0.3, -0.25) is 0 Å². The van der Waals surface area contributed by atoms with Gasteiger partial charge in [-0.05, 0) is 42.2 Å². The molecule has 1 aliphatic rings. The highest BCUT2D eigenvalue weighted by molar-refractivity contribution is 5.61. The molecular formula is C20H19FN4. The van der Waals surface area contributed by atoms with Gasteiger partial charge in [0.25, 0.3) is 0 Å². The second-order valence-electron chi connectivity index (χ2n) is 6.05. The number of nitrogens with two attached hydrogens (primary N) is 1. The molecule has 0 bridgehead atoms. The van der Waals surface area contributed by atoms with E-state index >= 15 is 0 Å². The van der Waals surface area contributed by atoms with Crippen molar-refractivity contribution in [2.45, 2.75) is 25.3 Å². The maximum atomic E-state index is 13.7. The highest BCUT2D eigenvalue weighted by Crippen LogP contribution is 2.30. The van der Waals surface area contributed by atoms with E-state index in [9.17, 15) is 4.39 Å². The molecule has 0 radical (unpaired) electrons. The number of halogens is 1. The van der Waals surface area contributed by atoms with Crippen LogP contribution in [-0.4, -0.2) is 9.55 Å². The van der Waals surface area contributed by atoms with Crippen LogP contribution in [0.15, 0.2) is 55.3 Å². The summed E-state index contributed by atoms with van der Waals surface area (Å²) in [4.78, 5) is 4.62. The second-order valence-corrected chi connectivity index (χ2v) is 6.05. The van der Waals surface area contributed by atoms with Crippen molar-refractivity contribution < 1.29 is 4.39 Å². The van der Waals surface area contributed by atoms with Crippen molar-refractivity contribution >= 4 is 5.70 Å². The Labute approximate surface area is 146 Å². The molecule has 0 aliphatic carbocycles. The number of imidazole rings is 1. The summed E-state index contributed by atoms with van der Waals surface area (Å²) in [6, 6.07) is 6.55. The van der Waals surface area contributed by atoms with Gasteiger partial charge in [-0.25, -0.2) is 9.37 Å². The van der Waals surface area contributed by atoms with Crippen LogP contribution >= 0.6 is 0 Å². The first-order chi connectivity index (χ1) is 12.1. The lowest BCUT2D eigenvalue weighted by molar-refractivity contribution is 0.464. The normalized spacial score (nSPS) is 17.3. The molecule has 0 fully saturated rings. The van der Waals surface area contributed by atoms with Gasteiger partial charge in [0.15, 0.2) is 0 Å². The molecule has 25 heavy (non-hydrogen) atoms. The maximum Gasteiger partial charge on any atom is 0.124 e. The van der Waals surface area contributed by atoms with Crippen LogP contribution in [0.2, 0.25) is 0 Å². The summed E-state index contributed by atoms with van der Waals surface area (Å²) in [6.45, 7) is 4.41. The topological polar surface area (TPSA) is 67.6 Å². The molecule has 0 amide bonds. The van der Waals surface area contributed by atoms with Gasteiger partial charge >= 0.3 is 0 Å². The Hall–Kier alpha value is -3.13. The largest absolute Gasteiger partial charge is 0.397 e. The Morgan fingerprint density at radius 2 is 2.24 bits per heavy atom. The molecule has 1 aromatic carbocycles. The average molecular weight is 334 g/mol. The van der Waals surface area contributed by atoms with E-state index in [1.807, 2.05) is 18.3 Å². The number of fused-ring (bicyclic) bond motifs is 1. The van der Waals surface area contributed by atoms with Crippen LogP contribution in [0.1, 0.15) is 35.0 Å². The molecule has 3 rings (SSSR count). The summed E-state index contributed by atoms with van der Waals surface area (Å²) in [5.74, 6) is 0.708. The van der Waals surface area contributed by atoms with E-state index in [1.165, 1.54) is 12.1 Å². The molecule has 2 aromatic rings. The highest BCUT2D eigenvalue weighted by atomic mass is 19.1. The van der Waals surface area contributed by atoms with E-state index in [2.05, 4.69) is 16.1 Å². The smallest absolute Gasteiger partial charge is 0.124 e. The molecule has 2 heterocycles. The number of nitrogens with zero attached hydrogens (tertiary/aromatic N) is 3. The van der Waals surface area contributed by atoms with Crippen molar-refractivity contribution in [3.63, 3.8) is 0 Å². The molecule has 2 N–H and O–H groups in total. The number of benzene rings is 1. The van der Waals surface area contributed by atoms with Crippen molar-refractivity contribution in [3.05, 3.63) is 83.7 Å². The van der Waals surface area contributed by atoms with Crippen molar-refractivity contribution in [3.8, 4) is 6.07 Å². The standard InChI is InChI=1S/C20H19FN4/c1-2-3-4-5-18(23)19-13-25-7-6-15(11-20(25)24-19)16-8-14(12-22)9-17(21)10-16/h2-5,8-10,13,15H,1,6-7,11,23H2/b4-3-,18-5-. The third-order valence-electron chi connectivity index (χ3n) is 4.35. The van der Waals surface area contributed by atoms with Gasteiger partial charge in [0.2, 0.25) is 0 Å². The quantitative estimate of drug-likeness (QED) is 0.868. The van der Waals surface area contributed by atoms with E-state index in [4.69, 9.17) is 11.0 Å². The van der Waals surface area contributed by atoms with Gasteiger partial charge in [-0.2, -0.15) is 5.26 Å². The summed E-state index contributed by atoms with van der Waals surface area (Å²) < 4.78 is 15.8. The van der Waals surface area contributed by atoms with Gasteiger partial charge in [0.1, 0.15) is 17.3 Å². The van der Waals surface area contributed by atoms with E-state index < -0.39 is 0 Å². The van der Waals surface area contributed by atoms with Crippen LogP contribution in [0.3, 0.4) is 0 Å². The van der Waals surface area contributed by atoms with Crippen molar-refractivity contribution in [2.75, 3.05) is 0 Å². The zero-order valence-corrected chi connectivity index (χ0v) is 13.8.